The van der Waals surface area contributed by atoms with Crippen LogP contribution in [0.1, 0.15) is 5.56 Å². The first-order valence-electron chi connectivity index (χ1n) is 6.31. The van der Waals surface area contributed by atoms with Gasteiger partial charge in [-0.05, 0) is 47.7 Å². The molecule has 104 valence electrons. The van der Waals surface area contributed by atoms with E-state index < -0.39 is 0 Å². The summed E-state index contributed by atoms with van der Waals surface area (Å²) in [6, 6.07) is 16.9. The van der Waals surface area contributed by atoms with E-state index in [2.05, 4.69) is 10.3 Å². The fourth-order valence-corrected chi connectivity index (χ4v) is 2.89. The van der Waals surface area contributed by atoms with Gasteiger partial charge in [-0.3, -0.25) is 4.79 Å². The summed E-state index contributed by atoms with van der Waals surface area (Å²) in [5.41, 5.74) is 1.70. The van der Waals surface area contributed by atoms with Crippen LogP contribution in [-0.2, 0) is 4.79 Å². The Balaban J connectivity index is 1.84. The first-order valence-corrected chi connectivity index (χ1v) is 7.50. The summed E-state index contributed by atoms with van der Waals surface area (Å²) in [5, 5.41) is 3.99. The first kappa shape index (κ1) is 13.9. The Labute approximate surface area is 131 Å². The highest BCUT2D eigenvalue weighted by atomic mass is 35.5. The van der Waals surface area contributed by atoms with Gasteiger partial charge in [0.05, 0.1) is 10.6 Å². The van der Waals surface area contributed by atoms with E-state index in [4.69, 9.17) is 11.6 Å². The van der Waals surface area contributed by atoms with E-state index in [0.29, 0.717) is 15.1 Å². The molecule has 0 aliphatic carbocycles. The number of rotatable bonds is 2. The first-order chi connectivity index (χ1) is 10.2. The minimum atomic E-state index is -0.144. The third-order valence-electron chi connectivity index (χ3n) is 2.78. The average molecular weight is 315 g/mol. The zero-order valence-corrected chi connectivity index (χ0v) is 12.5. The molecule has 3 nitrogen and oxygen atoms in total. The average Bonchev–Trinajstić information content (AvgIpc) is 2.80. The quantitative estimate of drug-likeness (QED) is 0.843. The number of carbonyl (C=O) groups is 1. The molecule has 1 amide bonds. The smallest absolute Gasteiger partial charge is 0.264 e. The third-order valence-corrected chi connectivity index (χ3v) is 3.93. The van der Waals surface area contributed by atoms with Crippen molar-refractivity contribution < 1.29 is 4.79 Å². The second-order valence-electron chi connectivity index (χ2n) is 4.37. The maximum absolute atomic E-state index is 12.0. The normalized spacial score (nSPS) is 18.2. The van der Waals surface area contributed by atoms with E-state index in [9.17, 15) is 4.79 Å². The molecular formula is C16H11ClN2OS. The lowest BCUT2D eigenvalue weighted by molar-refractivity contribution is -0.115. The van der Waals surface area contributed by atoms with E-state index in [1.807, 2.05) is 48.5 Å². The predicted molar refractivity (Wildman–Crippen MR) is 88.7 cm³/mol. The number of amides is 1. The molecule has 0 radical (unpaired) electrons. The number of hydrogen-bond acceptors (Lipinski definition) is 3. The lowest BCUT2D eigenvalue weighted by Crippen LogP contribution is -2.19. The van der Waals surface area contributed by atoms with Gasteiger partial charge in [-0.1, -0.05) is 41.9 Å². The van der Waals surface area contributed by atoms with Gasteiger partial charge in [0.2, 0.25) is 0 Å². The van der Waals surface area contributed by atoms with Gasteiger partial charge in [-0.2, -0.15) is 0 Å². The SMILES string of the molecule is O=C1NC(=Nc2ccccc2)S/C1=C\c1cccc(Cl)c1. The van der Waals surface area contributed by atoms with Crippen LogP contribution < -0.4 is 5.32 Å². The van der Waals surface area contributed by atoms with Crippen LogP contribution in [0, 0.1) is 0 Å². The van der Waals surface area contributed by atoms with Crippen molar-refractivity contribution in [2.24, 2.45) is 4.99 Å². The Hall–Kier alpha value is -2.04. The van der Waals surface area contributed by atoms with Gasteiger partial charge in [-0.15, -0.1) is 0 Å². The number of thioether (sulfide) groups is 1. The Bertz CT molecular complexity index is 741. The molecule has 1 aliphatic heterocycles. The maximum atomic E-state index is 12.0. The molecule has 1 N–H and O–H groups in total. The van der Waals surface area contributed by atoms with Crippen molar-refractivity contribution in [1.29, 1.82) is 0 Å². The highest BCUT2D eigenvalue weighted by molar-refractivity contribution is 8.18. The zero-order chi connectivity index (χ0) is 14.7. The van der Waals surface area contributed by atoms with Crippen molar-refractivity contribution in [3.8, 4) is 0 Å². The van der Waals surface area contributed by atoms with Gasteiger partial charge in [-0.25, -0.2) is 4.99 Å². The van der Waals surface area contributed by atoms with Crippen LogP contribution in [-0.4, -0.2) is 11.1 Å². The van der Waals surface area contributed by atoms with E-state index in [0.717, 1.165) is 11.3 Å². The third kappa shape index (κ3) is 3.54. The van der Waals surface area contributed by atoms with Crippen molar-refractivity contribution in [2.45, 2.75) is 0 Å². The topological polar surface area (TPSA) is 41.5 Å². The number of amidine groups is 1. The zero-order valence-electron chi connectivity index (χ0n) is 10.9. The number of para-hydroxylation sites is 1. The molecule has 1 saturated heterocycles. The van der Waals surface area contributed by atoms with Gasteiger partial charge < -0.3 is 5.32 Å². The highest BCUT2D eigenvalue weighted by Crippen LogP contribution is 2.28. The number of benzene rings is 2. The van der Waals surface area contributed by atoms with E-state index >= 15 is 0 Å². The molecule has 0 bridgehead atoms. The summed E-state index contributed by atoms with van der Waals surface area (Å²) in [7, 11) is 0. The standard InChI is InChI=1S/C16H11ClN2OS/c17-12-6-4-5-11(9-12)10-14-15(20)19-16(21-14)18-13-7-2-1-3-8-13/h1-10H,(H,18,19,20)/b14-10-. The minimum Gasteiger partial charge on any atom is -0.300 e. The van der Waals surface area contributed by atoms with Crippen LogP contribution in [0.4, 0.5) is 5.69 Å². The summed E-state index contributed by atoms with van der Waals surface area (Å²) in [4.78, 5) is 17.0. The Kier molecular flexibility index (Phi) is 4.08. The van der Waals surface area contributed by atoms with E-state index in [-0.39, 0.29) is 5.91 Å². The van der Waals surface area contributed by atoms with Crippen LogP contribution in [0.25, 0.3) is 6.08 Å². The summed E-state index contributed by atoms with van der Waals surface area (Å²) in [5.74, 6) is -0.144. The molecule has 0 saturated carbocycles. The minimum absolute atomic E-state index is 0.144. The summed E-state index contributed by atoms with van der Waals surface area (Å²) < 4.78 is 0. The molecule has 2 aromatic carbocycles. The molecular weight excluding hydrogens is 304 g/mol. The summed E-state index contributed by atoms with van der Waals surface area (Å²) in [6.45, 7) is 0. The lowest BCUT2D eigenvalue weighted by Gasteiger charge is -1.95. The van der Waals surface area contributed by atoms with Crippen molar-refractivity contribution in [3.63, 3.8) is 0 Å². The lowest BCUT2D eigenvalue weighted by atomic mass is 10.2. The molecule has 1 aliphatic rings. The number of nitrogens with zero attached hydrogens (tertiary/aromatic N) is 1. The number of aliphatic imine (C=N–C) groups is 1. The fraction of sp³-hybridized carbons (Fsp3) is 0. The molecule has 3 rings (SSSR count). The van der Waals surface area contributed by atoms with Gasteiger partial charge in [0, 0.05) is 5.02 Å². The van der Waals surface area contributed by atoms with E-state index in [1.165, 1.54) is 11.8 Å². The number of nitrogens with one attached hydrogen (secondary N) is 1. The van der Waals surface area contributed by atoms with Crippen molar-refractivity contribution in [1.82, 2.24) is 5.32 Å². The van der Waals surface area contributed by atoms with Crippen LogP contribution in [0.5, 0.6) is 0 Å². The second-order valence-corrected chi connectivity index (χ2v) is 5.84. The van der Waals surface area contributed by atoms with Crippen LogP contribution in [0.2, 0.25) is 5.02 Å². The van der Waals surface area contributed by atoms with Crippen LogP contribution in [0.15, 0.2) is 64.5 Å². The van der Waals surface area contributed by atoms with Gasteiger partial charge in [0.1, 0.15) is 0 Å². The maximum Gasteiger partial charge on any atom is 0.264 e. The van der Waals surface area contributed by atoms with Crippen LogP contribution in [0.3, 0.4) is 0 Å². The van der Waals surface area contributed by atoms with Gasteiger partial charge in [0.15, 0.2) is 5.17 Å². The molecule has 0 aromatic heterocycles. The Morgan fingerprint density at radius 1 is 1.10 bits per heavy atom. The Morgan fingerprint density at radius 3 is 2.67 bits per heavy atom. The van der Waals surface area contributed by atoms with Gasteiger partial charge in [0.25, 0.3) is 5.91 Å². The van der Waals surface area contributed by atoms with Crippen molar-refractivity contribution in [2.75, 3.05) is 0 Å². The van der Waals surface area contributed by atoms with Crippen molar-refractivity contribution >= 4 is 46.2 Å². The number of halogens is 1. The number of hydrogen-bond donors (Lipinski definition) is 1. The van der Waals surface area contributed by atoms with E-state index in [1.54, 1.807) is 12.1 Å². The van der Waals surface area contributed by atoms with Crippen molar-refractivity contribution in [3.05, 3.63) is 70.1 Å². The molecule has 21 heavy (non-hydrogen) atoms. The van der Waals surface area contributed by atoms with Crippen LogP contribution >= 0.6 is 23.4 Å². The Morgan fingerprint density at radius 2 is 1.90 bits per heavy atom. The molecule has 5 heteroatoms. The monoisotopic (exact) mass is 314 g/mol. The molecule has 1 heterocycles. The summed E-state index contributed by atoms with van der Waals surface area (Å²) >= 11 is 7.26. The molecule has 0 atom stereocenters. The highest BCUT2D eigenvalue weighted by Gasteiger charge is 2.23. The summed E-state index contributed by atoms with van der Waals surface area (Å²) in [6.07, 6.45) is 1.80. The fourth-order valence-electron chi connectivity index (χ4n) is 1.85. The molecule has 1 fully saturated rings. The molecule has 0 unspecified atom stereocenters. The largest absolute Gasteiger partial charge is 0.300 e. The number of carbonyl (C=O) groups excluding carboxylic acids is 1. The van der Waals surface area contributed by atoms with Gasteiger partial charge >= 0.3 is 0 Å². The molecule has 0 spiro atoms. The second kappa shape index (κ2) is 6.16. The molecule has 2 aromatic rings. The predicted octanol–water partition coefficient (Wildman–Crippen LogP) is 4.23.